The van der Waals surface area contributed by atoms with Gasteiger partial charge in [-0.05, 0) is 41.5 Å². The Morgan fingerprint density at radius 3 is 2.60 bits per heavy atom. The molecule has 1 fully saturated rings. The van der Waals surface area contributed by atoms with Gasteiger partial charge in [-0.1, -0.05) is 56.3 Å². The summed E-state index contributed by atoms with van der Waals surface area (Å²) in [5, 5.41) is 3.71. The largest absolute Gasteiger partial charge is 0.378 e. The Kier molecular flexibility index (Phi) is 4.24. The third-order valence-corrected chi connectivity index (χ3v) is 5.58. The molecule has 3 heteroatoms. The van der Waals surface area contributed by atoms with Crippen LogP contribution in [0.15, 0.2) is 48.5 Å². The average Bonchev–Trinajstić information content (AvgIpc) is 3.06. The molecule has 0 spiro atoms. The van der Waals surface area contributed by atoms with E-state index in [0.29, 0.717) is 18.2 Å². The Morgan fingerprint density at radius 2 is 1.92 bits per heavy atom. The fourth-order valence-electron chi connectivity index (χ4n) is 4.14. The molecule has 2 aromatic carbocycles. The van der Waals surface area contributed by atoms with E-state index >= 15 is 0 Å². The molecule has 0 saturated carbocycles. The summed E-state index contributed by atoms with van der Waals surface area (Å²) in [6.45, 7) is 5.33. The predicted octanol–water partition coefficient (Wildman–Crippen LogP) is 5.03. The SMILES string of the molecule is CC(C)c1ccc2c(c1)[C@@H](N1CCCC1=O)C[C@@H](c1ccccc1)N2. The molecule has 4 rings (SSSR count). The Labute approximate surface area is 150 Å². The van der Waals surface area contributed by atoms with E-state index < -0.39 is 0 Å². The minimum Gasteiger partial charge on any atom is -0.378 e. The Hall–Kier alpha value is -2.29. The van der Waals surface area contributed by atoms with Gasteiger partial charge in [-0.3, -0.25) is 4.79 Å². The molecule has 0 bridgehead atoms. The first kappa shape index (κ1) is 16.2. The normalized spacial score (nSPS) is 22.8. The molecule has 2 aromatic rings. The van der Waals surface area contributed by atoms with Gasteiger partial charge in [-0.2, -0.15) is 0 Å². The van der Waals surface area contributed by atoms with E-state index in [2.05, 4.69) is 72.6 Å². The van der Waals surface area contributed by atoms with Crippen LogP contribution >= 0.6 is 0 Å². The maximum Gasteiger partial charge on any atom is 0.223 e. The molecular weight excluding hydrogens is 308 g/mol. The van der Waals surface area contributed by atoms with Gasteiger partial charge < -0.3 is 10.2 Å². The lowest BCUT2D eigenvalue weighted by Gasteiger charge is -2.38. The number of fused-ring (bicyclic) bond motifs is 1. The van der Waals surface area contributed by atoms with Gasteiger partial charge in [0.25, 0.3) is 0 Å². The Balaban J connectivity index is 1.75. The van der Waals surface area contributed by atoms with Crippen LogP contribution in [0.3, 0.4) is 0 Å². The average molecular weight is 334 g/mol. The van der Waals surface area contributed by atoms with Crippen molar-refractivity contribution in [2.24, 2.45) is 0 Å². The van der Waals surface area contributed by atoms with Crippen molar-refractivity contribution < 1.29 is 4.79 Å². The van der Waals surface area contributed by atoms with Crippen LogP contribution < -0.4 is 5.32 Å². The number of rotatable bonds is 3. The van der Waals surface area contributed by atoms with Crippen LogP contribution in [0.1, 0.15) is 67.8 Å². The highest BCUT2D eigenvalue weighted by Gasteiger charge is 2.35. The van der Waals surface area contributed by atoms with Crippen LogP contribution in [0.25, 0.3) is 0 Å². The summed E-state index contributed by atoms with van der Waals surface area (Å²) >= 11 is 0. The number of carbonyl (C=O) groups is 1. The first-order valence-corrected chi connectivity index (χ1v) is 9.38. The highest BCUT2D eigenvalue weighted by atomic mass is 16.2. The van der Waals surface area contributed by atoms with Gasteiger partial charge in [0.05, 0.1) is 12.1 Å². The lowest BCUT2D eigenvalue weighted by atomic mass is 9.86. The number of anilines is 1. The summed E-state index contributed by atoms with van der Waals surface area (Å²) in [6.07, 6.45) is 2.61. The second-order valence-corrected chi connectivity index (χ2v) is 7.55. The molecule has 0 aliphatic carbocycles. The van der Waals surface area contributed by atoms with Crippen LogP contribution in [0, 0.1) is 0 Å². The molecule has 130 valence electrons. The zero-order valence-electron chi connectivity index (χ0n) is 15.0. The van der Waals surface area contributed by atoms with Crippen LogP contribution in [-0.4, -0.2) is 17.4 Å². The monoisotopic (exact) mass is 334 g/mol. The standard InChI is InChI=1S/C22H26N2O/c1-15(2)17-10-11-19-18(13-17)21(24-12-6-9-22(24)25)14-20(23-19)16-7-4-3-5-8-16/h3-5,7-8,10-11,13,15,20-21,23H,6,9,12,14H2,1-2H3/t20-,21-/m0/s1. The van der Waals surface area contributed by atoms with Crippen LogP contribution in [-0.2, 0) is 4.79 Å². The Bertz CT molecular complexity index is 769. The molecule has 2 heterocycles. The van der Waals surface area contributed by atoms with E-state index in [1.165, 1.54) is 22.4 Å². The van der Waals surface area contributed by atoms with Crippen molar-refractivity contribution in [1.29, 1.82) is 0 Å². The van der Waals surface area contributed by atoms with Crippen molar-refractivity contribution in [3.8, 4) is 0 Å². The first-order chi connectivity index (χ1) is 12.1. The second-order valence-electron chi connectivity index (χ2n) is 7.55. The summed E-state index contributed by atoms with van der Waals surface area (Å²) in [5.41, 5.74) is 5.09. The lowest BCUT2D eigenvalue weighted by molar-refractivity contribution is -0.130. The van der Waals surface area contributed by atoms with Crippen molar-refractivity contribution in [3.63, 3.8) is 0 Å². The molecule has 1 saturated heterocycles. The zero-order valence-corrected chi connectivity index (χ0v) is 15.0. The quantitative estimate of drug-likeness (QED) is 0.854. The second kappa shape index (κ2) is 6.55. The van der Waals surface area contributed by atoms with E-state index in [-0.39, 0.29) is 12.1 Å². The zero-order chi connectivity index (χ0) is 17.4. The molecule has 2 aliphatic rings. The maximum absolute atomic E-state index is 12.5. The van der Waals surface area contributed by atoms with Crippen LogP contribution in [0.5, 0.6) is 0 Å². The molecule has 0 aromatic heterocycles. The Morgan fingerprint density at radius 1 is 1.12 bits per heavy atom. The van der Waals surface area contributed by atoms with Crippen molar-refractivity contribution >= 4 is 11.6 Å². The number of hydrogen-bond donors (Lipinski definition) is 1. The number of likely N-dealkylation sites (tertiary alicyclic amines) is 1. The minimum absolute atomic E-state index is 0.176. The molecule has 2 aliphatic heterocycles. The van der Waals surface area contributed by atoms with Crippen molar-refractivity contribution in [1.82, 2.24) is 4.90 Å². The van der Waals surface area contributed by atoms with Gasteiger partial charge in [-0.15, -0.1) is 0 Å². The minimum atomic E-state index is 0.176. The molecule has 2 atom stereocenters. The number of hydrogen-bond acceptors (Lipinski definition) is 2. The van der Waals surface area contributed by atoms with Gasteiger partial charge >= 0.3 is 0 Å². The molecule has 0 radical (unpaired) electrons. The van der Waals surface area contributed by atoms with Crippen molar-refractivity contribution in [3.05, 3.63) is 65.2 Å². The van der Waals surface area contributed by atoms with E-state index in [0.717, 1.165) is 19.4 Å². The molecular formula is C22H26N2O. The topological polar surface area (TPSA) is 32.3 Å². The first-order valence-electron chi connectivity index (χ1n) is 9.38. The summed E-state index contributed by atoms with van der Waals surface area (Å²) in [7, 11) is 0. The van der Waals surface area contributed by atoms with E-state index in [1.54, 1.807) is 0 Å². The van der Waals surface area contributed by atoms with Gasteiger partial charge in [0, 0.05) is 18.7 Å². The lowest BCUT2D eigenvalue weighted by Crippen LogP contribution is -2.35. The van der Waals surface area contributed by atoms with Crippen molar-refractivity contribution in [2.75, 3.05) is 11.9 Å². The van der Waals surface area contributed by atoms with E-state index in [1.807, 2.05) is 0 Å². The van der Waals surface area contributed by atoms with E-state index in [4.69, 9.17) is 0 Å². The number of nitrogens with zero attached hydrogens (tertiary/aromatic N) is 1. The number of benzene rings is 2. The van der Waals surface area contributed by atoms with Crippen molar-refractivity contribution in [2.45, 2.75) is 51.1 Å². The van der Waals surface area contributed by atoms with Gasteiger partial charge in [-0.25, -0.2) is 0 Å². The molecule has 25 heavy (non-hydrogen) atoms. The van der Waals surface area contributed by atoms with Crippen LogP contribution in [0.4, 0.5) is 5.69 Å². The van der Waals surface area contributed by atoms with Gasteiger partial charge in [0.1, 0.15) is 0 Å². The number of nitrogens with one attached hydrogen (secondary N) is 1. The van der Waals surface area contributed by atoms with E-state index in [9.17, 15) is 4.79 Å². The maximum atomic E-state index is 12.5. The molecule has 1 N–H and O–H groups in total. The number of carbonyl (C=O) groups excluding carboxylic acids is 1. The van der Waals surface area contributed by atoms with Crippen LogP contribution in [0.2, 0.25) is 0 Å². The van der Waals surface area contributed by atoms with Gasteiger partial charge in [0.2, 0.25) is 5.91 Å². The molecule has 3 nitrogen and oxygen atoms in total. The molecule has 1 amide bonds. The highest BCUT2D eigenvalue weighted by Crippen LogP contribution is 2.44. The van der Waals surface area contributed by atoms with Gasteiger partial charge in [0.15, 0.2) is 0 Å². The smallest absolute Gasteiger partial charge is 0.223 e. The summed E-state index contributed by atoms with van der Waals surface area (Å²) in [4.78, 5) is 14.6. The summed E-state index contributed by atoms with van der Waals surface area (Å²) in [6, 6.07) is 17.7. The summed E-state index contributed by atoms with van der Waals surface area (Å²) in [5.74, 6) is 0.798. The third-order valence-electron chi connectivity index (χ3n) is 5.58. The number of amides is 1. The summed E-state index contributed by atoms with van der Waals surface area (Å²) < 4.78 is 0. The third kappa shape index (κ3) is 3.04. The fourth-order valence-corrected chi connectivity index (χ4v) is 4.14. The fraction of sp³-hybridized carbons (Fsp3) is 0.409. The predicted molar refractivity (Wildman–Crippen MR) is 102 cm³/mol. The highest BCUT2D eigenvalue weighted by molar-refractivity contribution is 5.79. The molecule has 0 unspecified atom stereocenters.